The molecule has 2 aromatic heterocycles. The van der Waals surface area contributed by atoms with E-state index in [1.807, 2.05) is 12.1 Å². The van der Waals surface area contributed by atoms with E-state index in [4.69, 9.17) is 4.98 Å². The Balaban J connectivity index is 1.17. The number of aromatic nitrogens is 3. The second-order valence-electron chi connectivity index (χ2n) is 10.3. The number of nitrogens with one attached hydrogen (secondary N) is 1. The van der Waals surface area contributed by atoms with Crippen LogP contribution in [0.5, 0.6) is 0 Å². The van der Waals surface area contributed by atoms with E-state index >= 15 is 0 Å². The number of nitrogens with zero attached hydrogens (tertiary/aromatic N) is 6. The molecule has 1 N–H and O–H groups in total. The predicted molar refractivity (Wildman–Crippen MR) is 144 cm³/mol. The van der Waals surface area contributed by atoms with E-state index in [0.29, 0.717) is 17.7 Å². The highest BCUT2D eigenvalue weighted by atomic mass is 16.1. The van der Waals surface area contributed by atoms with Crippen molar-refractivity contribution < 1.29 is 0 Å². The van der Waals surface area contributed by atoms with Crippen LogP contribution in [-0.2, 0) is 7.05 Å². The van der Waals surface area contributed by atoms with Crippen LogP contribution in [0.2, 0.25) is 0 Å². The molecule has 0 saturated carbocycles. The third-order valence-corrected chi connectivity index (χ3v) is 8.03. The van der Waals surface area contributed by atoms with Gasteiger partial charge in [0, 0.05) is 81.6 Å². The van der Waals surface area contributed by atoms with Crippen LogP contribution in [-0.4, -0.2) is 71.3 Å². The van der Waals surface area contributed by atoms with Crippen molar-refractivity contribution in [3.05, 3.63) is 70.8 Å². The average Bonchev–Trinajstić information content (AvgIpc) is 3.64. The number of hydrogen-bond acceptors (Lipinski definition) is 7. The summed E-state index contributed by atoms with van der Waals surface area (Å²) in [6.45, 7) is 7.23. The Labute approximate surface area is 212 Å². The molecule has 36 heavy (non-hydrogen) atoms. The highest BCUT2D eigenvalue weighted by Crippen LogP contribution is 2.28. The van der Waals surface area contributed by atoms with Gasteiger partial charge in [0.05, 0.1) is 5.69 Å². The van der Waals surface area contributed by atoms with Gasteiger partial charge in [0.1, 0.15) is 0 Å². The molecule has 0 amide bonds. The molecule has 3 saturated heterocycles. The number of benzene rings is 1. The fourth-order valence-corrected chi connectivity index (χ4v) is 5.93. The van der Waals surface area contributed by atoms with Crippen molar-refractivity contribution in [3.8, 4) is 11.3 Å². The Hall–Kier alpha value is -3.23. The molecule has 3 aromatic rings. The fraction of sp³-hybridized carbons (Fsp3) is 0.464. The summed E-state index contributed by atoms with van der Waals surface area (Å²) in [5, 5.41) is 3.66. The zero-order valence-electron chi connectivity index (χ0n) is 21.0. The van der Waals surface area contributed by atoms with Gasteiger partial charge in [-0.05, 0) is 62.2 Å². The molecule has 3 aliphatic heterocycles. The Morgan fingerprint density at radius 2 is 1.69 bits per heavy atom. The van der Waals surface area contributed by atoms with Crippen LogP contribution in [0.25, 0.3) is 11.3 Å². The first-order valence-corrected chi connectivity index (χ1v) is 13.2. The van der Waals surface area contributed by atoms with Crippen LogP contribution in [0, 0.1) is 0 Å². The van der Waals surface area contributed by atoms with Crippen molar-refractivity contribution >= 4 is 11.6 Å². The maximum absolute atomic E-state index is 12.8. The standard InChI is InChI=1S/C28H35N7O/c1-32-27(36)18-25(22-8-11-29-12-9-22)31-28(32)35-17-13-30-26(20-35)21-4-6-23(7-5-21)34-16-10-24(19-34)33-14-2-3-15-33/h4-9,11-12,18,24,26,30H,2-3,10,13-17,19-20H2,1H3/t24?,26-/m1/s1. The Kier molecular flexibility index (Phi) is 6.46. The summed E-state index contributed by atoms with van der Waals surface area (Å²) in [4.78, 5) is 29.2. The minimum absolute atomic E-state index is 0.0518. The second kappa shape index (κ2) is 10.0. The van der Waals surface area contributed by atoms with Crippen molar-refractivity contribution in [1.29, 1.82) is 0 Å². The average molecular weight is 486 g/mol. The molecule has 188 valence electrons. The van der Waals surface area contributed by atoms with Gasteiger partial charge in [0.2, 0.25) is 5.95 Å². The van der Waals surface area contributed by atoms with Gasteiger partial charge in [-0.1, -0.05) is 12.1 Å². The number of likely N-dealkylation sites (tertiary alicyclic amines) is 1. The van der Waals surface area contributed by atoms with Crippen molar-refractivity contribution in [3.63, 3.8) is 0 Å². The topological polar surface area (TPSA) is 69.5 Å². The summed E-state index contributed by atoms with van der Waals surface area (Å²) in [6.07, 6.45) is 7.44. The third-order valence-electron chi connectivity index (χ3n) is 8.03. The third kappa shape index (κ3) is 4.63. The first-order valence-electron chi connectivity index (χ1n) is 13.2. The summed E-state index contributed by atoms with van der Waals surface area (Å²) >= 11 is 0. The first-order chi connectivity index (χ1) is 17.7. The molecule has 0 aliphatic carbocycles. The smallest absolute Gasteiger partial charge is 0.255 e. The molecule has 0 spiro atoms. The number of anilines is 2. The van der Waals surface area contributed by atoms with Crippen LogP contribution >= 0.6 is 0 Å². The molecule has 6 rings (SSSR count). The largest absolute Gasteiger partial charge is 0.370 e. The van der Waals surface area contributed by atoms with Crippen molar-refractivity contribution in [1.82, 2.24) is 24.8 Å². The van der Waals surface area contributed by atoms with Crippen LogP contribution in [0.3, 0.4) is 0 Å². The lowest BCUT2D eigenvalue weighted by Gasteiger charge is -2.35. The first kappa shape index (κ1) is 23.2. The predicted octanol–water partition coefficient (Wildman–Crippen LogP) is 2.67. The number of piperazine rings is 1. The highest BCUT2D eigenvalue weighted by Gasteiger charge is 2.30. The number of hydrogen-bond donors (Lipinski definition) is 1. The van der Waals surface area contributed by atoms with E-state index in [1.165, 1.54) is 43.6 Å². The summed E-state index contributed by atoms with van der Waals surface area (Å²) in [7, 11) is 1.80. The Morgan fingerprint density at radius 3 is 2.47 bits per heavy atom. The van der Waals surface area contributed by atoms with Gasteiger partial charge in [-0.2, -0.15) is 0 Å². The molecule has 0 radical (unpaired) electrons. The zero-order chi connectivity index (χ0) is 24.5. The molecule has 1 unspecified atom stereocenters. The molecular weight excluding hydrogens is 450 g/mol. The normalized spacial score (nSPS) is 22.9. The highest BCUT2D eigenvalue weighted by molar-refractivity contribution is 5.59. The maximum atomic E-state index is 12.8. The SMILES string of the molecule is Cn1c(N2CCN[C@@H](c3ccc(N4CCC(N5CCCC5)C4)cc3)C2)nc(-c2ccncc2)cc1=O. The van der Waals surface area contributed by atoms with Crippen LogP contribution < -0.4 is 20.7 Å². The van der Waals surface area contributed by atoms with E-state index in [0.717, 1.165) is 38.3 Å². The minimum atomic E-state index is -0.0518. The van der Waals surface area contributed by atoms with E-state index < -0.39 is 0 Å². The molecule has 8 nitrogen and oxygen atoms in total. The van der Waals surface area contributed by atoms with Crippen LogP contribution in [0.4, 0.5) is 11.6 Å². The van der Waals surface area contributed by atoms with Gasteiger partial charge in [-0.15, -0.1) is 0 Å². The monoisotopic (exact) mass is 485 g/mol. The molecule has 8 heteroatoms. The van der Waals surface area contributed by atoms with Gasteiger partial charge >= 0.3 is 0 Å². The lowest BCUT2D eigenvalue weighted by molar-refractivity contribution is 0.260. The molecule has 5 heterocycles. The van der Waals surface area contributed by atoms with Gasteiger partial charge in [-0.3, -0.25) is 19.2 Å². The Morgan fingerprint density at radius 1 is 0.917 bits per heavy atom. The lowest BCUT2D eigenvalue weighted by Crippen LogP contribution is -2.47. The quantitative estimate of drug-likeness (QED) is 0.596. The zero-order valence-corrected chi connectivity index (χ0v) is 21.0. The van der Waals surface area contributed by atoms with Crippen LogP contribution in [0.15, 0.2) is 59.7 Å². The summed E-state index contributed by atoms with van der Waals surface area (Å²) in [6, 6.07) is 15.4. The maximum Gasteiger partial charge on any atom is 0.255 e. The summed E-state index contributed by atoms with van der Waals surface area (Å²) < 4.78 is 1.65. The van der Waals surface area contributed by atoms with Crippen LogP contribution in [0.1, 0.15) is 30.9 Å². The molecular formula is C28H35N7O. The van der Waals surface area contributed by atoms with Gasteiger partial charge < -0.3 is 15.1 Å². The number of rotatable bonds is 5. The van der Waals surface area contributed by atoms with Crippen molar-refractivity contribution in [2.75, 3.05) is 55.6 Å². The molecule has 0 bridgehead atoms. The molecule has 2 atom stereocenters. The van der Waals surface area contributed by atoms with Gasteiger partial charge in [0.25, 0.3) is 5.56 Å². The lowest BCUT2D eigenvalue weighted by atomic mass is 10.0. The van der Waals surface area contributed by atoms with E-state index in [1.54, 1.807) is 30.1 Å². The summed E-state index contributed by atoms with van der Waals surface area (Å²) in [5.41, 5.74) is 4.13. The van der Waals surface area contributed by atoms with E-state index in [-0.39, 0.29) is 11.6 Å². The number of pyridine rings is 1. The minimum Gasteiger partial charge on any atom is -0.370 e. The van der Waals surface area contributed by atoms with Gasteiger partial charge in [-0.25, -0.2) is 4.98 Å². The van der Waals surface area contributed by atoms with Gasteiger partial charge in [0.15, 0.2) is 0 Å². The van der Waals surface area contributed by atoms with Crippen molar-refractivity contribution in [2.24, 2.45) is 7.05 Å². The molecule has 3 fully saturated rings. The summed E-state index contributed by atoms with van der Waals surface area (Å²) in [5.74, 6) is 0.711. The van der Waals surface area contributed by atoms with Crippen molar-refractivity contribution in [2.45, 2.75) is 31.3 Å². The second-order valence-corrected chi connectivity index (χ2v) is 10.3. The van der Waals surface area contributed by atoms with E-state index in [9.17, 15) is 4.79 Å². The van der Waals surface area contributed by atoms with E-state index in [2.05, 4.69) is 49.3 Å². The Bertz CT molecular complexity index is 1240. The molecule has 3 aliphatic rings. The fourth-order valence-electron chi connectivity index (χ4n) is 5.93. The molecule has 1 aromatic carbocycles.